The fourth-order valence-corrected chi connectivity index (χ4v) is 3.16. The molecule has 0 aliphatic heterocycles. The number of carbonyl (C=O) groups is 2. The van der Waals surface area contributed by atoms with Crippen molar-refractivity contribution in [1.29, 1.82) is 0 Å². The minimum atomic E-state index is -0.355. The Balaban J connectivity index is 1.76. The van der Waals surface area contributed by atoms with E-state index >= 15 is 0 Å². The summed E-state index contributed by atoms with van der Waals surface area (Å²) in [6.45, 7) is 2.27. The Morgan fingerprint density at radius 2 is 1.86 bits per heavy atom. The van der Waals surface area contributed by atoms with Crippen molar-refractivity contribution in [3.05, 3.63) is 70.3 Å². The summed E-state index contributed by atoms with van der Waals surface area (Å²) in [7, 11) is 0. The Labute approximate surface area is 173 Å². The second-order valence-corrected chi connectivity index (χ2v) is 7.13. The van der Waals surface area contributed by atoms with Gasteiger partial charge in [-0.2, -0.15) is 0 Å². The molecule has 2 aromatic carbocycles. The van der Waals surface area contributed by atoms with Gasteiger partial charge in [0, 0.05) is 17.0 Å². The number of fused-ring (bicyclic) bond motifs is 1. The first-order valence-electron chi connectivity index (χ1n) is 8.88. The molecular formula is C21H19Cl2N3O2. The zero-order valence-electron chi connectivity index (χ0n) is 15.3. The van der Waals surface area contributed by atoms with Crippen LogP contribution in [0.25, 0.3) is 10.9 Å². The van der Waals surface area contributed by atoms with Crippen LogP contribution in [-0.4, -0.2) is 34.8 Å². The van der Waals surface area contributed by atoms with Gasteiger partial charge in [-0.1, -0.05) is 54.4 Å². The van der Waals surface area contributed by atoms with Gasteiger partial charge in [0.2, 0.25) is 5.91 Å². The highest BCUT2D eigenvalue weighted by atomic mass is 35.5. The standard InChI is InChI=1S/C21H19Cl2N3O2/c1-2-11-26(13-20(27)25-19-12-15(22)8-9-16(19)23)21(28)18-10-7-14-5-3-4-6-17(14)24-18/h3-10,12H,2,11,13H2,1H3,(H,25,27). The van der Waals surface area contributed by atoms with E-state index < -0.39 is 0 Å². The number of hydrogen-bond acceptors (Lipinski definition) is 3. The molecule has 7 heteroatoms. The Bertz CT molecular complexity index is 1020. The summed E-state index contributed by atoms with van der Waals surface area (Å²) in [6, 6.07) is 15.9. The van der Waals surface area contributed by atoms with Gasteiger partial charge in [-0.15, -0.1) is 0 Å². The number of halogens is 2. The largest absolute Gasteiger partial charge is 0.328 e. The molecule has 2 amide bonds. The summed E-state index contributed by atoms with van der Waals surface area (Å²) in [5.74, 6) is -0.647. The minimum absolute atomic E-state index is 0.107. The van der Waals surface area contributed by atoms with Gasteiger partial charge in [0.25, 0.3) is 5.91 Å². The number of pyridine rings is 1. The molecule has 0 atom stereocenters. The van der Waals surface area contributed by atoms with Crippen molar-refractivity contribution in [2.45, 2.75) is 13.3 Å². The number of benzene rings is 2. The van der Waals surface area contributed by atoms with Gasteiger partial charge in [0.05, 0.1) is 16.2 Å². The number of rotatable bonds is 6. The lowest BCUT2D eigenvalue weighted by Crippen LogP contribution is -2.39. The number of para-hydroxylation sites is 1. The van der Waals surface area contributed by atoms with Crippen LogP contribution in [0, 0.1) is 0 Å². The summed E-state index contributed by atoms with van der Waals surface area (Å²) < 4.78 is 0. The fraction of sp³-hybridized carbons (Fsp3) is 0.190. The second-order valence-electron chi connectivity index (χ2n) is 6.29. The predicted octanol–water partition coefficient (Wildman–Crippen LogP) is 5.03. The molecule has 0 unspecified atom stereocenters. The molecular weight excluding hydrogens is 397 g/mol. The van der Waals surface area contributed by atoms with Gasteiger partial charge in [-0.3, -0.25) is 9.59 Å². The number of carbonyl (C=O) groups excluding carboxylic acids is 2. The zero-order valence-corrected chi connectivity index (χ0v) is 16.8. The van der Waals surface area contributed by atoms with Gasteiger partial charge < -0.3 is 10.2 Å². The third-order valence-electron chi connectivity index (χ3n) is 4.14. The van der Waals surface area contributed by atoms with Crippen molar-refractivity contribution in [3.63, 3.8) is 0 Å². The zero-order chi connectivity index (χ0) is 20.1. The van der Waals surface area contributed by atoms with Crippen LogP contribution in [0.15, 0.2) is 54.6 Å². The molecule has 1 aromatic heterocycles. The van der Waals surface area contributed by atoms with Crippen molar-refractivity contribution in [3.8, 4) is 0 Å². The quantitative estimate of drug-likeness (QED) is 0.613. The number of anilines is 1. The number of nitrogens with zero attached hydrogens (tertiary/aromatic N) is 2. The minimum Gasteiger partial charge on any atom is -0.328 e. The maximum Gasteiger partial charge on any atom is 0.272 e. The molecule has 1 N–H and O–H groups in total. The highest BCUT2D eigenvalue weighted by Gasteiger charge is 2.20. The van der Waals surface area contributed by atoms with Crippen LogP contribution < -0.4 is 5.32 Å². The van der Waals surface area contributed by atoms with E-state index in [1.165, 1.54) is 4.90 Å². The van der Waals surface area contributed by atoms with Gasteiger partial charge >= 0.3 is 0 Å². The van der Waals surface area contributed by atoms with E-state index in [2.05, 4.69) is 10.3 Å². The Hall–Kier alpha value is -2.63. The summed E-state index contributed by atoms with van der Waals surface area (Å²) >= 11 is 12.0. The number of hydrogen-bond donors (Lipinski definition) is 1. The molecule has 0 spiro atoms. The van der Waals surface area contributed by atoms with Crippen LogP contribution in [0.5, 0.6) is 0 Å². The molecule has 0 bridgehead atoms. The molecule has 0 saturated heterocycles. The molecule has 0 saturated carbocycles. The second kappa shape index (κ2) is 9.04. The maximum absolute atomic E-state index is 12.9. The summed E-state index contributed by atoms with van der Waals surface area (Å²) in [4.78, 5) is 31.3. The van der Waals surface area contributed by atoms with Crippen molar-refractivity contribution in [1.82, 2.24) is 9.88 Å². The van der Waals surface area contributed by atoms with E-state index in [1.807, 2.05) is 37.3 Å². The lowest BCUT2D eigenvalue weighted by molar-refractivity contribution is -0.116. The smallest absolute Gasteiger partial charge is 0.272 e. The monoisotopic (exact) mass is 415 g/mol. The Morgan fingerprint density at radius 1 is 1.07 bits per heavy atom. The molecule has 28 heavy (non-hydrogen) atoms. The van der Waals surface area contributed by atoms with Crippen LogP contribution in [0.2, 0.25) is 10.0 Å². The predicted molar refractivity (Wildman–Crippen MR) is 113 cm³/mol. The molecule has 144 valence electrons. The number of nitrogens with one attached hydrogen (secondary N) is 1. The molecule has 1 heterocycles. The summed E-state index contributed by atoms with van der Waals surface area (Å²) in [5, 5.41) is 4.50. The molecule has 0 radical (unpaired) electrons. The van der Waals surface area contributed by atoms with Crippen molar-refractivity contribution in [2.75, 3.05) is 18.4 Å². The van der Waals surface area contributed by atoms with Gasteiger partial charge in [-0.05, 0) is 36.8 Å². The third kappa shape index (κ3) is 4.80. The first-order valence-corrected chi connectivity index (χ1v) is 9.63. The lowest BCUT2D eigenvalue weighted by Gasteiger charge is -2.21. The SMILES string of the molecule is CCCN(CC(=O)Nc1cc(Cl)ccc1Cl)C(=O)c1ccc2ccccc2n1. The average molecular weight is 416 g/mol. The Morgan fingerprint density at radius 3 is 2.64 bits per heavy atom. The maximum atomic E-state index is 12.9. The van der Waals surface area contributed by atoms with E-state index in [9.17, 15) is 9.59 Å². The van der Waals surface area contributed by atoms with Crippen LogP contribution in [0.1, 0.15) is 23.8 Å². The van der Waals surface area contributed by atoms with Crippen molar-refractivity contribution >= 4 is 51.6 Å². The van der Waals surface area contributed by atoms with Crippen LogP contribution in [0.4, 0.5) is 5.69 Å². The normalized spacial score (nSPS) is 10.7. The fourth-order valence-electron chi connectivity index (χ4n) is 2.83. The van der Waals surface area contributed by atoms with Crippen LogP contribution in [0.3, 0.4) is 0 Å². The van der Waals surface area contributed by atoms with Crippen LogP contribution >= 0.6 is 23.2 Å². The molecule has 3 aromatic rings. The first kappa shape index (κ1) is 20.1. The highest BCUT2D eigenvalue weighted by molar-refractivity contribution is 6.35. The molecule has 0 aliphatic carbocycles. The molecule has 0 aliphatic rings. The van der Waals surface area contributed by atoms with Crippen molar-refractivity contribution < 1.29 is 9.59 Å². The average Bonchev–Trinajstić information content (AvgIpc) is 2.69. The van der Waals surface area contributed by atoms with E-state index in [-0.39, 0.29) is 18.4 Å². The van der Waals surface area contributed by atoms with Gasteiger partial charge in [-0.25, -0.2) is 4.98 Å². The molecule has 3 rings (SSSR count). The Kier molecular flexibility index (Phi) is 6.49. The van der Waals surface area contributed by atoms with Crippen molar-refractivity contribution in [2.24, 2.45) is 0 Å². The number of aromatic nitrogens is 1. The van der Waals surface area contributed by atoms with E-state index in [4.69, 9.17) is 23.2 Å². The van der Waals surface area contributed by atoms with Crippen LogP contribution in [-0.2, 0) is 4.79 Å². The topological polar surface area (TPSA) is 62.3 Å². The summed E-state index contributed by atoms with van der Waals surface area (Å²) in [6.07, 6.45) is 0.713. The molecule has 5 nitrogen and oxygen atoms in total. The van der Waals surface area contributed by atoms with E-state index in [0.29, 0.717) is 34.4 Å². The lowest BCUT2D eigenvalue weighted by atomic mass is 10.2. The van der Waals surface area contributed by atoms with E-state index in [0.717, 1.165) is 10.9 Å². The van der Waals surface area contributed by atoms with Gasteiger partial charge in [0.1, 0.15) is 12.2 Å². The highest BCUT2D eigenvalue weighted by Crippen LogP contribution is 2.25. The molecule has 0 fully saturated rings. The third-order valence-corrected chi connectivity index (χ3v) is 4.70. The number of amides is 2. The van der Waals surface area contributed by atoms with E-state index in [1.54, 1.807) is 24.3 Å². The van der Waals surface area contributed by atoms with Gasteiger partial charge in [0.15, 0.2) is 0 Å². The first-order chi connectivity index (χ1) is 13.5. The summed E-state index contributed by atoms with van der Waals surface area (Å²) in [5.41, 5.74) is 1.45.